The Kier molecular flexibility index (Phi) is 8.82. The van der Waals surface area contributed by atoms with Gasteiger partial charge >= 0.3 is 0 Å². The molecular formula is C21H26ClIO5. The second-order valence-corrected chi connectivity index (χ2v) is 8.53. The number of rotatable bonds is 10. The molecule has 0 amide bonds. The molecule has 3 N–H and O–H groups in total. The van der Waals surface area contributed by atoms with E-state index in [9.17, 15) is 10.2 Å². The standard InChI is InChI=1S/C21H26ClIO5/c1-21(2,14-3-6-18(7-4-14)27-12-16(25)10-22)15-5-8-20(19(23)9-15)28-13-17(26)11-24/h3-9,16-17,24-26H,10-13H2,1-2H3/t16-,17+/m1/s1. The minimum atomic E-state index is -0.891. The van der Waals surface area contributed by atoms with Gasteiger partial charge < -0.3 is 24.8 Å². The first kappa shape index (κ1) is 23.2. The van der Waals surface area contributed by atoms with Crippen LogP contribution in [0.15, 0.2) is 42.5 Å². The molecule has 0 heterocycles. The zero-order chi connectivity index (χ0) is 20.7. The average Bonchev–Trinajstić information content (AvgIpc) is 2.70. The van der Waals surface area contributed by atoms with E-state index in [0.29, 0.717) is 11.5 Å². The molecule has 0 saturated carbocycles. The molecule has 0 aliphatic heterocycles. The molecule has 2 aromatic carbocycles. The van der Waals surface area contributed by atoms with Gasteiger partial charge in [-0.2, -0.15) is 0 Å². The highest BCUT2D eigenvalue weighted by molar-refractivity contribution is 14.1. The first-order valence-electron chi connectivity index (χ1n) is 8.97. The fourth-order valence-corrected chi connectivity index (χ4v) is 3.38. The molecular weight excluding hydrogens is 495 g/mol. The van der Waals surface area contributed by atoms with Crippen LogP contribution in [-0.4, -0.2) is 53.2 Å². The van der Waals surface area contributed by atoms with Gasteiger partial charge in [0.15, 0.2) is 0 Å². The summed E-state index contributed by atoms with van der Waals surface area (Å²) in [7, 11) is 0. The monoisotopic (exact) mass is 520 g/mol. The number of ether oxygens (including phenoxy) is 2. The summed E-state index contributed by atoms with van der Waals surface area (Å²) in [4.78, 5) is 0. The molecule has 5 nitrogen and oxygen atoms in total. The fourth-order valence-electron chi connectivity index (χ4n) is 2.62. The van der Waals surface area contributed by atoms with Gasteiger partial charge in [0.25, 0.3) is 0 Å². The van der Waals surface area contributed by atoms with Crippen molar-refractivity contribution in [2.45, 2.75) is 31.5 Å². The van der Waals surface area contributed by atoms with E-state index < -0.39 is 12.2 Å². The number of halogens is 2. The molecule has 2 rings (SSSR count). The topological polar surface area (TPSA) is 79.2 Å². The van der Waals surface area contributed by atoms with Crippen molar-refractivity contribution in [3.05, 3.63) is 57.2 Å². The Morgan fingerprint density at radius 3 is 2.14 bits per heavy atom. The molecule has 154 valence electrons. The van der Waals surface area contributed by atoms with Crippen molar-refractivity contribution in [2.75, 3.05) is 25.7 Å². The van der Waals surface area contributed by atoms with E-state index in [1.54, 1.807) is 0 Å². The van der Waals surface area contributed by atoms with Gasteiger partial charge in [-0.1, -0.05) is 32.0 Å². The van der Waals surface area contributed by atoms with E-state index >= 15 is 0 Å². The molecule has 2 atom stereocenters. The van der Waals surface area contributed by atoms with Gasteiger partial charge in [-0.25, -0.2) is 0 Å². The molecule has 0 saturated heterocycles. The highest BCUT2D eigenvalue weighted by Crippen LogP contribution is 2.35. The second-order valence-electron chi connectivity index (χ2n) is 7.06. The molecule has 2 aromatic rings. The molecule has 28 heavy (non-hydrogen) atoms. The normalized spacial score (nSPS) is 13.8. The summed E-state index contributed by atoms with van der Waals surface area (Å²) < 4.78 is 12.0. The number of hydrogen-bond acceptors (Lipinski definition) is 5. The Bertz CT molecular complexity index is 751. The fraction of sp³-hybridized carbons (Fsp3) is 0.429. The minimum Gasteiger partial charge on any atom is -0.491 e. The van der Waals surface area contributed by atoms with E-state index in [0.717, 1.165) is 14.7 Å². The molecule has 0 aliphatic rings. The van der Waals surface area contributed by atoms with Crippen molar-refractivity contribution in [1.82, 2.24) is 0 Å². The van der Waals surface area contributed by atoms with Crippen molar-refractivity contribution in [1.29, 1.82) is 0 Å². The van der Waals surface area contributed by atoms with Crippen molar-refractivity contribution < 1.29 is 24.8 Å². The maximum Gasteiger partial charge on any atom is 0.132 e. The Morgan fingerprint density at radius 1 is 0.964 bits per heavy atom. The van der Waals surface area contributed by atoms with Crippen LogP contribution in [0.1, 0.15) is 25.0 Å². The molecule has 0 spiro atoms. The highest BCUT2D eigenvalue weighted by atomic mass is 127. The number of hydrogen-bond donors (Lipinski definition) is 3. The molecule has 0 fully saturated rings. The van der Waals surface area contributed by atoms with Gasteiger partial charge in [-0.15, -0.1) is 11.6 Å². The summed E-state index contributed by atoms with van der Waals surface area (Å²) >= 11 is 7.78. The van der Waals surface area contributed by atoms with Crippen LogP contribution in [0.5, 0.6) is 11.5 Å². The molecule has 7 heteroatoms. The first-order chi connectivity index (χ1) is 13.3. The maximum absolute atomic E-state index is 9.49. The Morgan fingerprint density at radius 2 is 1.57 bits per heavy atom. The Hall–Kier alpha value is -1.06. The predicted octanol–water partition coefficient (Wildman–Crippen LogP) is 3.33. The predicted molar refractivity (Wildman–Crippen MR) is 119 cm³/mol. The third-order valence-corrected chi connectivity index (χ3v) is 5.69. The number of aliphatic hydroxyl groups excluding tert-OH is 3. The van der Waals surface area contributed by atoms with Gasteiger partial charge in [0.05, 0.1) is 16.1 Å². The quantitative estimate of drug-likeness (QED) is 0.331. The SMILES string of the molecule is CC(C)(c1ccc(OC[C@H](O)CCl)cc1)c1ccc(OC[C@@H](O)CO)c(I)c1. The summed E-state index contributed by atoms with van der Waals surface area (Å²) in [5, 5.41) is 27.8. The molecule has 0 aromatic heterocycles. The zero-order valence-corrected chi connectivity index (χ0v) is 18.9. The van der Waals surface area contributed by atoms with E-state index in [1.165, 1.54) is 0 Å². The summed E-state index contributed by atoms with van der Waals surface area (Å²) in [5.74, 6) is 1.50. The maximum atomic E-state index is 9.49. The van der Waals surface area contributed by atoms with Crippen LogP contribution >= 0.6 is 34.2 Å². The summed E-state index contributed by atoms with van der Waals surface area (Å²) in [6.07, 6.45) is -1.57. The van der Waals surface area contributed by atoms with Gasteiger partial charge in [0, 0.05) is 5.41 Å². The van der Waals surface area contributed by atoms with Crippen LogP contribution in [0.25, 0.3) is 0 Å². The Labute approximate surface area is 184 Å². The van der Waals surface area contributed by atoms with Crippen LogP contribution in [0.4, 0.5) is 0 Å². The average molecular weight is 521 g/mol. The third-order valence-electron chi connectivity index (χ3n) is 4.49. The van der Waals surface area contributed by atoms with Crippen LogP contribution in [0.2, 0.25) is 0 Å². The zero-order valence-electron chi connectivity index (χ0n) is 15.9. The molecule has 0 bridgehead atoms. The van der Waals surface area contributed by atoms with Crippen molar-refractivity contribution in [3.8, 4) is 11.5 Å². The van der Waals surface area contributed by atoms with Crippen LogP contribution in [0, 0.1) is 3.57 Å². The van der Waals surface area contributed by atoms with Crippen LogP contribution < -0.4 is 9.47 Å². The van der Waals surface area contributed by atoms with Crippen molar-refractivity contribution in [3.63, 3.8) is 0 Å². The molecule has 0 radical (unpaired) electrons. The molecule has 0 unspecified atom stereocenters. The van der Waals surface area contributed by atoms with E-state index in [-0.39, 0.29) is 31.1 Å². The smallest absolute Gasteiger partial charge is 0.132 e. The summed E-state index contributed by atoms with van der Waals surface area (Å²) in [6.45, 7) is 4.17. The van der Waals surface area contributed by atoms with Gasteiger partial charge in [-0.05, 0) is 58.0 Å². The lowest BCUT2D eigenvalue weighted by molar-refractivity contribution is 0.0533. The van der Waals surface area contributed by atoms with E-state index in [2.05, 4.69) is 42.5 Å². The van der Waals surface area contributed by atoms with Gasteiger partial charge in [0.2, 0.25) is 0 Å². The lowest BCUT2D eigenvalue weighted by Crippen LogP contribution is -2.22. The van der Waals surface area contributed by atoms with E-state index in [1.807, 2.05) is 36.4 Å². The van der Waals surface area contributed by atoms with Crippen molar-refractivity contribution >= 4 is 34.2 Å². The lowest BCUT2D eigenvalue weighted by Gasteiger charge is -2.27. The molecule has 0 aliphatic carbocycles. The van der Waals surface area contributed by atoms with E-state index in [4.69, 9.17) is 26.2 Å². The lowest BCUT2D eigenvalue weighted by atomic mass is 9.78. The number of aliphatic hydroxyl groups is 3. The van der Waals surface area contributed by atoms with Crippen molar-refractivity contribution in [2.24, 2.45) is 0 Å². The Balaban J connectivity index is 2.11. The number of alkyl halides is 1. The van der Waals surface area contributed by atoms with Gasteiger partial charge in [0.1, 0.15) is 36.9 Å². The first-order valence-corrected chi connectivity index (χ1v) is 10.6. The van der Waals surface area contributed by atoms with Crippen LogP contribution in [-0.2, 0) is 5.41 Å². The summed E-state index contributed by atoms with van der Waals surface area (Å²) in [6, 6.07) is 13.7. The largest absolute Gasteiger partial charge is 0.491 e. The minimum absolute atomic E-state index is 0.0507. The second kappa shape index (κ2) is 10.6. The third kappa shape index (κ3) is 6.22. The van der Waals surface area contributed by atoms with Gasteiger partial charge in [-0.3, -0.25) is 0 Å². The number of benzene rings is 2. The highest BCUT2D eigenvalue weighted by Gasteiger charge is 2.24. The summed E-state index contributed by atoms with van der Waals surface area (Å²) in [5.41, 5.74) is 2.01. The van der Waals surface area contributed by atoms with Crippen LogP contribution in [0.3, 0.4) is 0 Å².